The molecule has 2 aromatic rings. The summed E-state index contributed by atoms with van der Waals surface area (Å²) in [7, 11) is 0. The molecule has 0 aliphatic carbocycles. The van der Waals surface area contributed by atoms with Gasteiger partial charge >= 0.3 is 0 Å². The van der Waals surface area contributed by atoms with E-state index in [-0.39, 0.29) is 12.5 Å². The molecule has 1 aromatic heterocycles. The number of fused-ring (bicyclic) bond motifs is 1. The molecule has 3 N–H and O–H groups in total. The van der Waals surface area contributed by atoms with E-state index in [9.17, 15) is 4.79 Å². The number of aromatic nitrogens is 2. The largest absolute Gasteiger partial charge is 0.368 e. The van der Waals surface area contributed by atoms with E-state index >= 15 is 0 Å². The predicted octanol–water partition coefficient (Wildman–Crippen LogP) is 0.681. The quantitative estimate of drug-likeness (QED) is 0.848. The van der Waals surface area contributed by atoms with Gasteiger partial charge in [0.25, 0.3) is 0 Å². The molecule has 1 aromatic carbocycles. The van der Waals surface area contributed by atoms with Crippen LogP contribution in [0.4, 0.5) is 0 Å². The van der Waals surface area contributed by atoms with Crippen molar-refractivity contribution in [3.05, 3.63) is 41.7 Å². The Bertz CT molecular complexity index is 603. The third kappa shape index (κ3) is 2.24. The number of carbonyl (C=O) groups excluding carboxylic acids is 1. The molecule has 19 heavy (non-hydrogen) atoms. The summed E-state index contributed by atoms with van der Waals surface area (Å²) >= 11 is 0. The van der Waals surface area contributed by atoms with Crippen LogP contribution in [0, 0.1) is 0 Å². The van der Waals surface area contributed by atoms with Gasteiger partial charge in [-0.3, -0.25) is 4.79 Å². The molecule has 98 valence electrons. The third-order valence-electron chi connectivity index (χ3n) is 3.33. The number of carbonyl (C=O) groups is 1. The Morgan fingerprint density at radius 3 is 2.89 bits per heavy atom. The second-order valence-electron chi connectivity index (χ2n) is 4.67. The van der Waals surface area contributed by atoms with E-state index in [0.29, 0.717) is 0 Å². The van der Waals surface area contributed by atoms with Gasteiger partial charge in [-0.2, -0.15) is 0 Å². The minimum Gasteiger partial charge on any atom is -0.368 e. The summed E-state index contributed by atoms with van der Waals surface area (Å²) in [4.78, 5) is 16.0. The maximum atomic E-state index is 11.3. The molecule has 2 heterocycles. The molecule has 0 saturated carbocycles. The lowest BCUT2D eigenvalue weighted by Gasteiger charge is -2.15. The van der Waals surface area contributed by atoms with Crippen LogP contribution < -0.4 is 11.1 Å². The van der Waals surface area contributed by atoms with E-state index in [1.54, 1.807) is 0 Å². The number of primary amides is 1. The van der Waals surface area contributed by atoms with Crippen molar-refractivity contribution >= 4 is 5.91 Å². The first kappa shape index (κ1) is 11.9. The lowest BCUT2D eigenvalue weighted by molar-refractivity contribution is -0.118. The van der Waals surface area contributed by atoms with Gasteiger partial charge < -0.3 is 15.6 Å². The number of nitrogens with one attached hydrogen (secondary N) is 1. The fraction of sp³-hybridized carbons (Fsp3) is 0.286. The van der Waals surface area contributed by atoms with Crippen molar-refractivity contribution in [2.45, 2.75) is 19.5 Å². The maximum Gasteiger partial charge on any atom is 0.237 e. The van der Waals surface area contributed by atoms with Crippen LogP contribution in [0.25, 0.3) is 11.4 Å². The fourth-order valence-electron chi connectivity index (χ4n) is 2.50. The van der Waals surface area contributed by atoms with Gasteiger partial charge in [0.05, 0.1) is 5.69 Å². The molecule has 0 saturated heterocycles. The van der Waals surface area contributed by atoms with Crippen LogP contribution in [0.2, 0.25) is 0 Å². The van der Waals surface area contributed by atoms with Gasteiger partial charge in [-0.15, -0.1) is 0 Å². The molecule has 3 rings (SSSR count). The Morgan fingerprint density at radius 2 is 2.16 bits per heavy atom. The van der Waals surface area contributed by atoms with Crippen molar-refractivity contribution < 1.29 is 4.79 Å². The summed E-state index contributed by atoms with van der Waals surface area (Å²) < 4.78 is 1.95. The molecule has 0 atom stereocenters. The van der Waals surface area contributed by atoms with Crippen LogP contribution in [0.1, 0.15) is 11.4 Å². The van der Waals surface area contributed by atoms with E-state index in [2.05, 4.69) is 10.3 Å². The molecule has 0 spiro atoms. The van der Waals surface area contributed by atoms with E-state index in [1.807, 2.05) is 34.9 Å². The molecule has 5 nitrogen and oxygen atoms in total. The molecule has 0 radical (unpaired) electrons. The minimum atomic E-state index is -0.337. The lowest BCUT2D eigenvalue weighted by atomic mass is 10.2. The number of amides is 1. The molecular formula is C14H16N4O. The Balaban J connectivity index is 2.12. The average molecular weight is 256 g/mol. The molecule has 1 aliphatic heterocycles. The van der Waals surface area contributed by atoms with Gasteiger partial charge in [-0.05, 0) is 0 Å². The number of hydrogen-bond acceptors (Lipinski definition) is 3. The average Bonchev–Trinajstić information content (AvgIpc) is 2.78. The zero-order valence-electron chi connectivity index (χ0n) is 10.6. The van der Waals surface area contributed by atoms with Crippen LogP contribution in [0.15, 0.2) is 30.3 Å². The van der Waals surface area contributed by atoms with Crippen molar-refractivity contribution in [3.63, 3.8) is 0 Å². The van der Waals surface area contributed by atoms with E-state index in [0.717, 1.165) is 42.3 Å². The lowest BCUT2D eigenvalue weighted by Crippen LogP contribution is -2.27. The minimum absolute atomic E-state index is 0.187. The van der Waals surface area contributed by atoms with Crippen molar-refractivity contribution in [1.29, 1.82) is 0 Å². The number of nitrogens with zero attached hydrogens (tertiary/aromatic N) is 2. The Labute approximate surface area is 111 Å². The number of rotatable bonds is 3. The second kappa shape index (κ2) is 4.85. The van der Waals surface area contributed by atoms with Gasteiger partial charge in [-0.1, -0.05) is 30.3 Å². The van der Waals surface area contributed by atoms with Crippen molar-refractivity contribution in [2.24, 2.45) is 5.73 Å². The Morgan fingerprint density at radius 1 is 1.37 bits per heavy atom. The fourth-order valence-corrected chi connectivity index (χ4v) is 2.50. The monoisotopic (exact) mass is 256 g/mol. The summed E-state index contributed by atoms with van der Waals surface area (Å²) in [5, 5.41) is 3.29. The third-order valence-corrected chi connectivity index (χ3v) is 3.33. The summed E-state index contributed by atoms with van der Waals surface area (Å²) in [6, 6.07) is 9.90. The predicted molar refractivity (Wildman–Crippen MR) is 72.3 cm³/mol. The topological polar surface area (TPSA) is 72.9 Å². The van der Waals surface area contributed by atoms with Crippen LogP contribution >= 0.6 is 0 Å². The van der Waals surface area contributed by atoms with Crippen LogP contribution in [-0.2, 0) is 24.3 Å². The highest BCUT2D eigenvalue weighted by atomic mass is 16.1. The smallest absolute Gasteiger partial charge is 0.237 e. The molecule has 5 heteroatoms. The van der Waals surface area contributed by atoms with Crippen LogP contribution in [-0.4, -0.2) is 22.0 Å². The van der Waals surface area contributed by atoms with Gasteiger partial charge in [0.1, 0.15) is 12.4 Å². The number of nitrogens with two attached hydrogens (primary N) is 1. The Kier molecular flexibility index (Phi) is 3.05. The molecular weight excluding hydrogens is 240 g/mol. The first-order valence-electron chi connectivity index (χ1n) is 6.38. The van der Waals surface area contributed by atoms with Gasteiger partial charge in [0.2, 0.25) is 5.91 Å². The number of benzene rings is 1. The van der Waals surface area contributed by atoms with E-state index in [1.165, 1.54) is 0 Å². The Hall–Kier alpha value is -2.14. The van der Waals surface area contributed by atoms with E-state index < -0.39 is 0 Å². The zero-order chi connectivity index (χ0) is 13.2. The summed E-state index contributed by atoms with van der Waals surface area (Å²) in [6.07, 6.45) is 0.877. The molecule has 1 aliphatic rings. The standard InChI is InChI=1S/C14H16N4O/c15-13(19)9-18-12-6-7-16-8-11(12)17-14(18)10-4-2-1-3-5-10/h1-5,16H,6-9H2,(H2,15,19). The number of hydrogen-bond donors (Lipinski definition) is 2. The second-order valence-corrected chi connectivity index (χ2v) is 4.67. The molecule has 0 bridgehead atoms. The maximum absolute atomic E-state index is 11.3. The van der Waals surface area contributed by atoms with Crippen LogP contribution in [0.5, 0.6) is 0 Å². The first-order chi connectivity index (χ1) is 9.25. The highest BCUT2D eigenvalue weighted by Gasteiger charge is 2.21. The highest BCUT2D eigenvalue weighted by molar-refractivity contribution is 5.74. The summed E-state index contributed by atoms with van der Waals surface area (Å²) in [5.41, 5.74) is 8.51. The number of imidazole rings is 1. The molecule has 1 amide bonds. The van der Waals surface area contributed by atoms with Crippen LogP contribution in [0.3, 0.4) is 0 Å². The SMILES string of the molecule is NC(=O)Cn1c(-c2ccccc2)nc2c1CCNC2. The normalized spacial score (nSPS) is 14.1. The van der Waals surface area contributed by atoms with E-state index in [4.69, 9.17) is 5.73 Å². The first-order valence-corrected chi connectivity index (χ1v) is 6.38. The van der Waals surface area contributed by atoms with Crippen molar-refractivity contribution in [2.75, 3.05) is 6.54 Å². The summed E-state index contributed by atoms with van der Waals surface area (Å²) in [5.74, 6) is 0.490. The summed E-state index contributed by atoms with van der Waals surface area (Å²) in [6.45, 7) is 1.85. The van der Waals surface area contributed by atoms with Gasteiger partial charge in [-0.25, -0.2) is 4.98 Å². The van der Waals surface area contributed by atoms with Crippen molar-refractivity contribution in [3.8, 4) is 11.4 Å². The molecule has 0 unspecified atom stereocenters. The van der Waals surface area contributed by atoms with Gasteiger partial charge in [0, 0.05) is 30.8 Å². The highest BCUT2D eigenvalue weighted by Crippen LogP contribution is 2.24. The molecule has 0 fully saturated rings. The van der Waals surface area contributed by atoms with Gasteiger partial charge in [0.15, 0.2) is 0 Å². The zero-order valence-corrected chi connectivity index (χ0v) is 10.6. The van der Waals surface area contributed by atoms with Crippen molar-refractivity contribution in [1.82, 2.24) is 14.9 Å².